The maximum absolute atomic E-state index is 11.3. The second kappa shape index (κ2) is 4.81. The Balaban J connectivity index is 2.68. The summed E-state index contributed by atoms with van der Waals surface area (Å²) in [5.74, 6) is -0.0954. The Hall–Kier alpha value is -1.83. The Labute approximate surface area is 108 Å². The molecule has 1 atom stereocenters. The van der Waals surface area contributed by atoms with E-state index >= 15 is 0 Å². The molecule has 94 valence electrons. The maximum atomic E-state index is 11.3. The van der Waals surface area contributed by atoms with Crippen LogP contribution in [0, 0.1) is 0 Å². The Morgan fingerprint density at radius 3 is 2.39 bits per heavy atom. The third kappa shape index (κ3) is 2.23. The second-order valence-electron chi connectivity index (χ2n) is 5.11. The molecule has 0 aliphatic rings. The lowest BCUT2D eigenvalue weighted by Crippen LogP contribution is -2.18. The molecular weight excluding hydrogens is 222 g/mol. The van der Waals surface area contributed by atoms with E-state index in [1.807, 2.05) is 19.1 Å². The van der Waals surface area contributed by atoms with Crippen molar-refractivity contribution in [3.63, 3.8) is 0 Å². The van der Waals surface area contributed by atoms with E-state index in [9.17, 15) is 4.79 Å². The predicted octanol–water partition coefficient (Wildman–Crippen LogP) is 3.55. The van der Waals surface area contributed by atoms with Crippen LogP contribution in [0.4, 0.5) is 0 Å². The van der Waals surface area contributed by atoms with E-state index in [0.29, 0.717) is 5.92 Å². The van der Waals surface area contributed by atoms with Crippen molar-refractivity contribution in [2.24, 2.45) is 5.73 Å². The summed E-state index contributed by atoms with van der Waals surface area (Å²) in [4.78, 5) is 11.3. The quantitative estimate of drug-likeness (QED) is 0.877. The maximum Gasteiger partial charge on any atom is 0.224 e. The molecular formula is C16H19NO. The lowest BCUT2D eigenvalue weighted by molar-refractivity contribution is -0.119. The third-order valence-electron chi connectivity index (χ3n) is 3.46. The minimum atomic E-state index is -0.278. The monoisotopic (exact) mass is 241 g/mol. The van der Waals surface area contributed by atoms with Gasteiger partial charge in [0.05, 0.1) is 5.92 Å². The molecule has 0 saturated heterocycles. The van der Waals surface area contributed by atoms with E-state index < -0.39 is 0 Å². The fourth-order valence-electron chi connectivity index (χ4n) is 2.26. The van der Waals surface area contributed by atoms with Gasteiger partial charge < -0.3 is 5.73 Å². The Morgan fingerprint density at radius 1 is 1.11 bits per heavy atom. The topological polar surface area (TPSA) is 43.1 Å². The van der Waals surface area contributed by atoms with Crippen LogP contribution in [0.3, 0.4) is 0 Å². The summed E-state index contributed by atoms with van der Waals surface area (Å²) < 4.78 is 0. The molecule has 2 N–H and O–H groups in total. The number of primary amides is 1. The molecule has 0 heterocycles. The highest BCUT2D eigenvalue weighted by atomic mass is 16.1. The molecule has 2 rings (SSSR count). The summed E-state index contributed by atoms with van der Waals surface area (Å²) in [6.07, 6.45) is 0. The number of carbonyl (C=O) groups is 1. The van der Waals surface area contributed by atoms with E-state index in [4.69, 9.17) is 5.73 Å². The van der Waals surface area contributed by atoms with Crippen molar-refractivity contribution in [1.29, 1.82) is 0 Å². The van der Waals surface area contributed by atoms with Gasteiger partial charge in [0, 0.05) is 0 Å². The molecule has 1 amide bonds. The summed E-state index contributed by atoms with van der Waals surface area (Å²) in [5.41, 5.74) is 7.68. The fourth-order valence-corrected chi connectivity index (χ4v) is 2.26. The average molecular weight is 241 g/mol. The number of fused-ring (bicyclic) bond motifs is 1. The minimum absolute atomic E-state index is 0.243. The molecule has 0 spiro atoms. The van der Waals surface area contributed by atoms with Crippen molar-refractivity contribution in [1.82, 2.24) is 0 Å². The third-order valence-corrected chi connectivity index (χ3v) is 3.46. The second-order valence-corrected chi connectivity index (χ2v) is 5.11. The molecule has 0 saturated carbocycles. The van der Waals surface area contributed by atoms with Gasteiger partial charge >= 0.3 is 0 Å². The number of amides is 1. The van der Waals surface area contributed by atoms with Gasteiger partial charge in [0.25, 0.3) is 0 Å². The van der Waals surface area contributed by atoms with Crippen molar-refractivity contribution >= 4 is 16.7 Å². The van der Waals surface area contributed by atoms with Gasteiger partial charge in [0.2, 0.25) is 5.91 Å². The minimum Gasteiger partial charge on any atom is -0.369 e. The molecule has 0 aromatic heterocycles. The van der Waals surface area contributed by atoms with Gasteiger partial charge in [-0.2, -0.15) is 0 Å². The molecule has 0 bridgehead atoms. The smallest absolute Gasteiger partial charge is 0.224 e. The van der Waals surface area contributed by atoms with Gasteiger partial charge in [-0.15, -0.1) is 0 Å². The zero-order valence-corrected chi connectivity index (χ0v) is 11.1. The van der Waals surface area contributed by atoms with E-state index in [-0.39, 0.29) is 11.8 Å². The first-order chi connectivity index (χ1) is 8.50. The van der Waals surface area contributed by atoms with Crippen LogP contribution in [0.15, 0.2) is 36.4 Å². The van der Waals surface area contributed by atoms with Crippen molar-refractivity contribution in [3.8, 4) is 0 Å². The first-order valence-corrected chi connectivity index (χ1v) is 6.32. The summed E-state index contributed by atoms with van der Waals surface area (Å²) in [6, 6.07) is 12.5. The standard InChI is InChI=1S/C16H19NO/c1-10(2)15-9-13(11(3)16(17)18)8-12-6-4-5-7-14(12)15/h4-11H,1-3H3,(H2,17,18). The van der Waals surface area contributed by atoms with Crippen LogP contribution in [-0.2, 0) is 4.79 Å². The molecule has 1 unspecified atom stereocenters. The molecule has 0 radical (unpaired) electrons. The number of benzene rings is 2. The lowest BCUT2D eigenvalue weighted by Gasteiger charge is -2.15. The number of carbonyl (C=O) groups excluding carboxylic acids is 1. The van der Waals surface area contributed by atoms with E-state index in [0.717, 1.165) is 5.56 Å². The molecule has 0 aliphatic carbocycles. The Kier molecular flexibility index (Phi) is 3.37. The highest BCUT2D eigenvalue weighted by Crippen LogP contribution is 2.29. The Bertz CT molecular complexity index is 587. The van der Waals surface area contributed by atoms with Crippen molar-refractivity contribution < 1.29 is 4.79 Å². The summed E-state index contributed by atoms with van der Waals surface area (Å²) in [5, 5.41) is 2.43. The number of hydrogen-bond acceptors (Lipinski definition) is 1. The molecule has 2 heteroatoms. The summed E-state index contributed by atoms with van der Waals surface area (Å²) in [6.45, 7) is 6.19. The molecule has 0 aliphatic heterocycles. The average Bonchev–Trinajstić information content (AvgIpc) is 2.36. The van der Waals surface area contributed by atoms with Gasteiger partial charge in [0.1, 0.15) is 0 Å². The molecule has 2 aromatic carbocycles. The molecule has 2 nitrogen and oxygen atoms in total. The normalized spacial score (nSPS) is 12.9. The number of rotatable bonds is 3. The van der Waals surface area contributed by atoms with Crippen LogP contribution in [0.1, 0.15) is 43.7 Å². The van der Waals surface area contributed by atoms with Crippen molar-refractivity contribution in [2.75, 3.05) is 0 Å². The van der Waals surface area contributed by atoms with Gasteiger partial charge in [-0.3, -0.25) is 4.79 Å². The van der Waals surface area contributed by atoms with Gasteiger partial charge in [-0.1, -0.05) is 50.2 Å². The summed E-state index contributed by atoms with van der Waals surface area (Å²) >= 11 is 0. The zero-order valence-electron chi connectivity index (χ0n) is 11.1. The lowest BCUT2D eigenvalue weighted by atomic mass is 9.89. The van der Waals surface area contributed by atoms with Crippen LogP contribution >= 0.6 is 0 Å². The van der Waals surface area contributed by atoms with Gasteiger partial charge in [0.15, 0.2) is 0 Å². The van der Waals surface area contributed by atoms with Gasteiger partial charge in [-0.05, 0) is 34.7 Å². The van der Waals surface area contributed by atoms with Crippen molar-refractivity contribution in [2.45, 2.75) is 32.6 Å². The van der Waals surface area contributed by atoms with E-state index in [1.165, 1.54) is 16.3 Å². The SMILES string of the molecule is CC(C)c1cc(C(C)C(N)=O)cc2ccccc12. The number of hydrogen-bond donors (Lipinski definition) is 1. The van der Waals surface area contributed by atoms with Crippen LogP contribution in [0.2, 0.25) is 0 Å². The molecule has 0 fully saturated rings. The molecule has 18 heavy (non-hydrogen) atoms. The fraction of sp³-hybridized carbons (Fsp3) is 0.312. The highest BCUT2D eigenvalue weighted by molar-refractivity contribution is 5.89. The van der Waals surface area contributed by atoms with Crippen molar-refractivity contribution in [3.05, 3.63) is 47.5 Å². The van der Waals surface area contributed by atoms with Crippen LogP contribution in [0.25, 0.3) is 10.8 Å². The van der Waals surface area contributed by atoms with Crippen LogP contribution < -0.4 is 5.73 Å². The predicted molar refractivity (Wildman–Crippen MR) is 75.6 cm³/mol. The first-order valence-electron chi connectivity index (χ1n) is 6.32. The van der Waals surface area contributed by atoms with Gasteiger partial charge in [-0.25, -0.2) is 0 Å². The van der Waals surface area contributed by atoms with Crippen LogP contribution in [0.5, 0.6) is 0 Å². The highest BCUT2D eigenvalue weighted by Gasteiger charge is 2.15. The van der Waals surface area contributed by atoms with E-state index in [2.05, 4.69) is 38.1 Å². The zero-order chi connectivity index (χ0) is 13.3. The first kappa shape index (κ1) is 12.6. The van der Waals surface area contributed by atoms with Crippen LogP contribution in [-0.4, -0.2) is 5.91 Å². The summed E-state index contributed by atoms with van der Waals surface area (Å²) in [7, 11) is 0. The van der Waals surface area contributed by atoms with E-state index in [1.54, 1.807) is 0 Å². The number of nitrogens with two attached hydrogens (primary N) is 1. The Morgan fingerprint density at radius 2 is 1.78 bits per heavy atom. The largest absolute Gasteiger partial charge is 0.369 e. The molecule has 2 aromatic rings.